The van der Waals surface area contributed by atoms with Crippen LogP contribution < -0.4 is 9.80 Å². The fourth-order valence-corrected chi connectivity index (χ4v) is 4.10. The lowest BCUT2D eigenvalue weighted by Gasteiger charge is -2.29. The summed E-state index contributed by atoms with van der Waals surface area (Å²) in [6.45, 7) is 15.1. The van der Waals surface area contributed by atoms with Crippen molar-refractivity contribution in [1.29, 1.82) is 0 Å². The number of benzene rings is 2. The number of hydrogen-bond donors (Lipinski definition) is 2. The summed E-state index contributed by atoms with van der Waals surface area (Å²) in [5.74, 6) is 0.576. The zero-order valence-corrected chi connectivity index (χ0v) is 20.6. The molecule has 4 rings (SSSR count). The van der Waals surface area contributed by atoms with Gasteiger partial charge >= 0.3 is 0 Å². The summed E-state index contributed by atoms with van der Waals surface area (Å²) in [6, 6.07) is 11.7. The van der Waals surface area contributed by atoms with Crippen LogP contribution in [0.15, 0.2) is 61.2 Å². The maximum Gasteiger partial charge on any atom is 0.139 e. The molecule has 0 atom stereocenters. The summed E-state index contributed by atoms with van der Waals surface area (Å²) in [6.07, 6.45) is 8.13. The molecule has 2 N–H and O–H groups in total. The van der Waals surface area contributed by atoms with Crippen molar-refractivity contribution in [2.75, 3.05) is 29.8 Å². The van der Waals surface area contributed by atoms with Gasteiger partial charge in [-0.1, -0.05) is 53.7 Å². The van der Waals surface area contributed by atoms with E-state index in [-0.39, 0.29) is 22.3 Å². The van der Waals surface area contributed by atoms with Crippen LogP contribution in [0.3, 0.4) is 0 Å². The van der Waals surface area contributed by atoms with E-state index < -0.39 is 0 Å². The molecule has 6 heteroatoms. The molecular formula is C27H36N4O2. The Kier molecular flexibility index (Phi) is 5.72. The smallest absolute Gasteiger partial charge is 0.139 e. The average Bonchev–Trinajstić information content (AvgIpc) is 3.37. The minimum absolute atomic E-state index is 0.0191. The first-order valence-corrected chi connectivity index (χ1v) is 11.5. The molecule has 2 aliphatic rings. The highest BCUT2D eigenvalue weighted by Crippen LogP contribution is 2.36. The molecule has 0 amide bonds. The van der Waals surface area contributed by atoms with Gasteiger partial charge in [-0.05, 0) is 46.2 Å². The quantitative estimate of drug-likeness (QED) is 0.649. The lowest BCUT2D eigenvalue weighted by atomic mass is 9.86. The lowest BCUT2D eigenvalue weighted by Crippen LogP contribution is -2.36. The Labute approximate surface area is 197 Å². The first kappa shape index (κ1) is 22.9. The van der Waals surface area contributed by atoms with Crippen molar-refractivity contribution in [3.63, 3.8) is 0 Å². The van der Waals surface area contributed by atoms with Crippen LogP contribution in [0, 0.1) is 0 Å². The summed E-state index contributed by atoms with van der Waals surface area (Å²) in [5.41, 5.74) is 4.07. The molecule has 33 heavy (non-hydrogen) atoms. The van der Waals surface area contributed by atoms with Gasteiger partial charge in [-0.3, -0.25) is 0 Å². The van der Waals surface area contributed by atoms with Crippen LogP contribution in [0.2, 0.25) is 0 Å². The minimum Gasteiger partial charge on any atom is -0.506 e. The number of hydrogen-bond acceptors (Lipinski definition) is 6. The molecule has 0 saturated carbocycles. The first-order chi connectivity index (χ1) is 15.4. The second-order valence-electron chi connectivity index (χ2n) is 11.0. The van der Waals surface area contributed by atoms with Crippen molar-refractivity contribution in [3.8, 4) is 11.5 Å². The van der Waals surface area contributed by atoms with Gasteiger partial charge in [0.2, 0.25) is 0 Å². The number of phenols is 2. The Bertz CT molecular complexity index is 993. The van der Waals surface area contributed by atoms with Crippen LogP contribution >= 0.6 is 0 Å². The summed E-state index contributed by atoms with van der Waals surface area (Å²) >= 11 is 0. The number of aromatic hydroxyl groups is 2. The van der Waals surface area contributed by atoms with Crippen molar-refractivity contribution in [3.05, 3.63) is 72.3 Å². The standard InChI is InChI=1S/C27H36N4O2/c1-26(2,3)20-7-9-24(32)22(15-20)30-13-11-28(18-30)17-29-12-14-31(19-29)23-16-21(27(4,5)6)8-10-25(23)33/h7-16,32-33H,17-19H2,1-6H3. The van der Waals surface area contributed by atoms with Crippen LogP contribution in [0.25, 0.3) is 0 Å². The molecule has 2 heterocycles. The Morgan fingerprint density at radius 3 is 1.39 bits per heavy atom. The predicted octanol–water partition coefficient (Wildman–Crippen LogP) is 5.45. The van der Waals surface area contributed by atoms with Gasteiger partial charge in [0.15, 0.2) is 0 Å². The molecule has 0 spiro atoms. The lowest BCUT2D eigenvalue weighted by molar-refractivity contribution is 0.250. The highest BCUT2D eigenvalue weighted by Gasteiger charge is 2.24. The third-order valence-electron chi connectivity index (χ3n) is 6.25. The van der Waals surface area contributed by atoms with E-state index in [1.807, 2.05) is 24.5 Å². The van der Waals surface area contributed by atoms with E-state index in [1.54, 1.807) is 12.1 Å². The molecular weight excluding hydrogens is 412 g/mol. The third-order valence-corrected chi connectivity index (χ3v) is 6.25. The zero-order chi connectivity index (χ0) is 24.0. The molecule has 6 nitrogen and oxygen atoms in total. The van der Waals surface area contributed by atoms with Crippen LogP contribution in [0.1, 0.15) is 52.7 Å². The van der Waals surface area contributed by atoms with E-state index in [0.29, 0.717) is 20.0 Å². The van der Waals surface area contributed by atoms with E-state index in [2.05, 4.69) is 85.7 Å². The SMILES string of the molecule is CC(C)(C)c1ccc(O)c(N2C=CN(CN3C=CN(c4cc(C(C)(C)C)ccc4O)C3)C2)c1. The molecule has 0 unspecified atom stereocenters. The molecule has 2 aromatic rings. The molecule has 2 aliphatic heterocycles. The third kappa shape index (κ3) is 4.90. The molecule has 0 saturated heterocycles. The van der Waals surface area contributed by atoms with Gasteiger partial charge in [0.1, 0.15) is 11.5 Å². The number of anilines is 2. The van der Waals surface area contributed by atoms with E-state index in [4.69, 9.17) is 0 Å². The Morgan fingerprint density at radius 1 is 0.636 bits per heavy atom. The van der Waals surface area contributed by atoms with Gasteiger partial charge in [-0.25, -0.2) is 0 Å². The summed E-state index contributed by atoms with van der Waals surface area (Å²) in [5, 5.41) is 20.9. The molecule has 0 radical (unpaired) electrons. The van der Waals surface area contributed by atoms with E-state index >= 15 is 0 Å². The van der Waals surface area contributed by atoms with Crippen LogP contribution in [-0.2, 0) is 10.8 Å². The average molecular weight is 449 g/mol. The van der Waals surface area contributed by atoms with Gasteiger partial charge in [0, 0.05) is 24.8 Å². The van der Waals surface area contributed by atoms with Crippen molar-refractivity contribution in [2.45, 2.75) is 52.4 Å². The molecule has 0 aliphatic carbocycles. The van der Waals surface area contributed by atoms with Gasteiger partial charge in [0.05, 0.1) is 31.4 Å². The second kappa shape index (κ2) is 8.25. The Hall–Kier alpha value is -3.28. The Balaban J connectivity index is 1.40. The van der Waals surface area contributed by atoms with Gasteiger partial charge in [0.25, 0.3) is 0 Å². The number of rotatable bonds is 4. The van der Waals surface area contributed by atoms with E-state index in [1.165, 1.54) is 11.1 Å². The second-order valence-corrected chi connectivity index (χ2v) is 11.0. The monoisotopic (exact) mass is 448 g/mol. The highest BCUT2D eigenvalue weighted by molar-refractivity contribution is 5.63. The van der Waals surface area contributed by atoms with Gasteiger partial charge in [-0.2, -0.15) is 0 Å². The maximum atomic E-state index is 10.5. The van der Waals surface area contributed by atoms with Crippen LogP contribution in [0.4, 0.5) is 11.4 Å². The predicted molar refractivity (Wildman–Crippen MR) is 135 cm³/mol. The van der Waals surface area contributed by atoms with Crippen LogP contribution in [-0.4, -0.2) is 40.0 Å². The molecule has 0 bridgehead atoms. The largest absolute Gasteiger partial charge is 0.506 e. The zero-order valence-electron chi connectivity index (χ0n) is 20.6. The summed E-state index contributed by atoms with van der Waals surface area (Å²) in [4.78, 5) is 8.53. The molecule has 2 aromatic carbocycles. The topological polar surface area (TPSA) is 53.4 Å². The van der Waals surface area contributed by atoms with Gasteiger partial charge in [-0.15, -0.1) is 0 Å². The van der Waals surface area contributed by atoms with Gasteiger partial charge < -0.3 is 29.8 Å². The molecule has 176 valence electrons. The normalized spacial score (nSPS) is 16.4. The molecule has 0 aromatic heterocycles. The fourth-order valence-electron chi connectivity index (χ4n) is 4.10. The van der Waals surface area contributed by atoms with E-state index in [0.717, 1.165) is 11.4 Å². The van der Waals surface area contributed by atoms with Crippen molar-refractivity contribution in [2.24, 2.45) is 0 Å². The fraction of sp³-hybridized carbons (Fsp3) is 0.407. The number of phenolic OH excluding ortho intramolecular Hbond substituents is 2. The highest BCUT2D eigenvalue weighted by atomic mass is 16.3. The van der Waals surface area contributed by atoms with Crippen molar-refractivity contribution < 1.29 is 10.2 Å². The summed E-state index contributed by atoms with van der Waals surface area (Å²) in [7, 11) is 0. The summed E-state index contributed by atoms with van der Waals surface area (Å²) < 4.78 is 0. The van der Waals surface area contributed by atoms with E-state index in [9.17, 15) is 10.2 Å². The minimum atomic E-state index is 0.0191. The van der Waals surface area contributed by atoms with Crippen molar-refractivity contribution >= 4 is 11.4 Å². The first-order valence-electron chi connectivity index (χ1n) is 11.5. The maximum absolute atomic E-state index is 10.5. The van der Waals surface area contributed by atoms with Crippen molar-refractivity contribution in [1.82, 2.24) is 9.80 Å². The Morgan fingerprint density at radius 2 is 1.03 bits per heavy atom. The number of nitrogens with zero attached hydrogens (tertiary/aromatic N) is 4. The molecule has 0 fully saturated rings. The van der Waals surface area contributed by atoms with Crippen LogP contribution in [0.5, 0.6) is 11.5 Å².